The van der Waals surface area contributed by atoms with Crippen molar-refractivity contribution in [2.24, 2.45) is 0 Å². The van der Waals surface area contributed by atoms with Crippen LogP contribution in [0.5, 0.6) is 5.75 Å². The minimum absolute atomic E-state index is 0.0463. The van der Waals surface area contributed by atoms with Gasteiger partial charge in [-0.2, -0.15) is 0 Å². The molecule has 0 unspecified atom stereocenters. The van der Waals surface area contributed by atoms with Crippen LogP contribution in [0.1, 0.15) is 40.7 Å². The van der Waals surface area contributed by atoms with Gasteiger partial charge in [0, 0.05) is 6.54 Å². The molecule has 1 amide bonds. The monoisotopic (exact) mass is 263 g/mol. The summed E-state index contributed by atoms with van der Waals surface area (Å²) in [7, 11) is 0. The fourth-order valence-electron chi connectivity index (χ4n) is 2.37. The summed E-state index contributed by atoms with van der Waals surface area (Å²) in [5, 5.41) is 21.1. The van der Waals surface area contributed by atoms with Gasteiger partial charge in [-0.1, -0.05) is 6.07 Å². The molecule has 0 radical (unpaired) electrons. The molecule has 0 aliphatic heterocycles. The number of rotatable bonds is 4. The van der Waals surface area contributed by atoms with E-state index in [1.54, 1.807) is 6.07 Å². The zero-order valence-electron chi connectivity index (χ0n) is 10.6. The fourth-order valence-corrected chi connectivity index (χ4v) is 2.37. The highest BCUT2D eigenvalue weighted by atomic mass is 16.4. The maximum Gasteiger partial charge on any atom is 0.305 e. The molecule has 1 aromatic carbocycles. The van der Waals surface area contributed by atoms with E-state index in [1.807, 2.05) is 6.07 Å². The van der Waals surface area contributed by atoms with Gasteiger partial charge < -0.3 is 15.5 Å². The van der Waals surface area contributed by atoms with Crippen molar-refractivity contribution >= 4 is 11.9 Å². The molecule has 19 heavy (non-hydrogen) atoms. The predicted octanol–water partition coefficient (Wildman–Crippen LogP) is 1.48. The zero-order chi connectivity index (χ0) is 13.8. The number of carbonyl (C=O) groups excluding carboxylic acids is 1. The van der Waals surface area contributed by atoms with Crippen molar-refractivity contribution in [3.63, 3.8) is 0 Å². The first-order valence-electron chi connectivity index (χ1n) is 6.43. The van der Waals surface area contributed by atoms with E-state index in [9.17, 15) is 14.7 Å². The third-order valence-electron chi connectivity index (χ3n) is 3.37. The van der Waals surface area contributed by atoms with E-state index < -0.39 is 11.9 Å². The molecular formula is C14H17NO4. The standard InChI is InChI=1S/C14H17NO4/c16-12(17)7-8-15-14(19)11-6-5-9-3-1-2-4-10(9)13(11)18/h5-6,18H,1-4,7-8H2,(H,15,19)(H,16,17). The maximum atomic E-state index is 11.9. The van der Waals surface area contributed by atoms with Gasteiger partial charge in [0.15, 0.2) is 0 Å². The van der Waals surface area contributed by atoms with Crippen LogP contribution < -0.4 is 5.32 Å². The van der Waals surface area contributed by atoms with Crippen LogP contribution in [0, 0.1) is 0 Å². The minimum Gasteiger partial charge on any atom is -0.507 e. The number of carboxylic acids is 1. The average Bonchev–Trinajstić information content (AvgIpc) is 2.39. The first-order valence-corrected chi connectivity index (χ1v) is 6.43. The summed E-state index contributed by atoms with van der Waals surface area (Å²) in [6, 6.07) is 3.48. The van der Waals surface area contributed by atoms with Gasteiger partial charge in [-0.15, -0.1) is 0 Å². The van der Waals surface area contributed by atoms with Gasteiger partial charge in [0.1, 0.15) is 5.75 Å². The Kier molecular flexibility index (Phi) is 4.04. The van der Waals surface area contributed by atoms with Gasteiger partial charge in [0.2, 0.25) is 0 Å². The van der Waals surface area contributed by atoms with E-state index in [0.29, 0.717) is 0 Å². The van der Waals surface area contributed by atoms with Crippen LogP contribution in [-0.4, -0.2) is 28.6 Å². The molecule has 0 spiro atoms. The summed E-state index contributed by atoms with van der Waals surface area (Å²) in [6.45, 7) is 0.0602. The van der Waals surface area contributed by atoms with E-state index in [0.717, 1.165) is 36.8 Å². The number of benzene rings is 1. The van der Waals surface area contributed by atoms with Gasteiger partial charge in [-0.25, -0.2) is 0 Å². The van der Waals surface area contributed by atoms with E-state index >= 15 is 0 Å². The molecule has 2 rings (SSSR count). The number of amides is 1. The lowest BCUT2D eigenvalue weighted by molar-refractivity contribution is -0.136. The lowest BCUT2D eigenvalue weighted by Gasteiger charge is -2.18. The Morgan fingerprint density at radius 1 is 1.21 bits per heavy atom. The Hall–Kier alpha value is -2.04. The van der Waals surface area contributed by atoms with Crippen LogP contribution in [-0.2, 0) is 17.6 Å². The van der Waals surface area contributed by atoms with Crippen molar-refractivity contribution in [1.29, 1.82) is 0 Å². The smallest absolute Gasteiger partial charge is 0.305 e. The highest BCUT2D eigenvalue weighted by Gasteiger charge is 2.19. The summed E-state index contributed by atoms with van der Waals surface area (Å²) >= 11 is 0. The molecule has 0 fully saturated rings. The van der Waals surface area contributed by atoms with Crippen molar-refractivity contribution in [2.75, 3.05) is 6.54 Å². The van der Waals surface area contributed by atoms with E-state index in [1.165, 1.54) is 0 Å². The summed E-state index contributed by atoms with van der Waals surface area (Å²) in [6.07, 6.45) is 3.72. The second kappa shape index (κ2) is 5.73. The van der Waals surface area contributed by atoms with Crippen LogP contribution in [0.25, 0.3) is 0 Å². The van der Waals surface area contributed by atoms with Crippen LogP contribution in [0.15, 0.2) is 12.1 Å². The average molecular weight is 263 g/mol. The van der Waals surface area contributed by atoms with E-state index in [-0.39, 0.29) is 24.3 Å². The van der Waals surface area contributed by atoms with Gasteiger partial charge in [-0.3, -0.25) is 9.59 Å². The van der Waals surface area contributed by atoms with Crippen LogP contribution in [0.3, 0.4) is 0 Å². The molecule has 5 heteroatoms. The second-order valence-corrected chi connectivity index (χ2v) is 4.71. The number of aliphatic carboxylic acids is 1. The first kappa shape index (κ1) is 13.4. The third kappa shape index (κ3) is 3.05. The summed E-state index contributed by atoms with van der Waals surface area (Å²) in [5.41, 5.74) is 2.19. The van der Waals surface area contributed by atoms with E-state index in [2.05, 4.69) is 5.32 Å². The van der Waals surface area contributed by atoms with Crippen LogP contribution >= 0.6 is 0 Å². The molecule has 0 aromatic heterocycles. The maximum absolute atomic E-state index is 11.9. The fraction of sp³-hybridized carbons (Fsp3) is 0.429. The van der Waals surface area contributed by atoms with Gasteiger partial charge in [0.05, 0.1) is 12.0 Å². The number of aryl methyl sites for hydroxylation is 1. The highest BCUT2D eigenvalue weighted by molar-refractivity contribution is 5.97. The molecule has 3 N–H and O–H groups in total. The van der Waals surface area contributed by atoms with Gasteiger partial charge in [-0.05, 0) is 42.9 Å². The highest BCUT2D eigenvalue weighted by Crippen LogP contribution is 2.31. The van der Waals surface area contributed by atoms with Crippen molar-refractivity contribution in [3.8, 4) is 5.75 Å². The number of carboxylic acid groups (broad SMARTS) is 1. The molecule has 1 aliphatic rings. The van der Waals surface area contributed by atoms with Crippen molar-refractivity contribution in [3.05, 3.63) is 28.8 Å². The molecular weight excluding hydrogens is 246 g/mol. The molecule has 0 bridgehead atoms. The number of phenols is 1. The molecule has 1 aliphatic carbocycles. The number of hydrogen-bond donors (Lipinski definition) is 3. The second-order valence-electron chi connectivity index (χ2n) is 4.71. The topological polar surface area (TPSA) is 86.6 Å². The molecule has 0 heterocycles. The first-order chi connectivity index (χ1) is 9.09. The zero-order valence-corrected chi connectivity index (χ0v) is 10.6. The predicted molar refractivity (Wildman–Crippen MR) is 69.3 cm³/mol. The summed E-state index contributed by atoms with van der Waals surface area (Å²) in [4.78, 5) is 22.2. The Morgan fingerprint density at radius 3 is 2.68 bits per heavy atom. The quantitative estimate of drug-likeness (QED) is 0.767. The summed E-state index contributed by atoms with van der Waals surface area (Å²) in [5.74, 6) is -1.34. The van der Waals surface area contributed by atoms with Crippen molar-refractivity contribution < 1.29 is 19.8 Å². The van der Waals surface area contributed by atoms with Crippen LogP contribution in [0.4, 0.5) is 0 Å². The molecule has 1 aromatic rings. The molecule has 0 saturated carbocycles. The number of nitrogens with one attached hydrogen (secondary N) is 1. The normalized spacial score (nSPS) is 13.7. The summed E-state index contributed by atoms with van der Waals surface area (Å²) < 4.78 is 0. The number of carbonyl (C=O) groups is 2. The van der Waals surface area contributed by atoms with E-state index in [4.69, 9.17) is 5.11 Å². The van der Waals surface area contributed by atoms with Crippen LogP contribution in [0.2, 0.25) is 0 Å². The molecule has 0 saturated heterocycles. The lowest BCUT2D eigenvalue weighted by atomic mass is 9.89. The van der Waals surface area contributed by atoms with Crippen molar-refractivity contribution in [1.82, 2.24) is 5.32 Å². The lowest BCUT2D eigenvalue weighted by Crippen LogP contribution is -2.26. The number of hydrogen-bond acceptors (Lipinski definition) is 3. The molecule has 5 nitrogen and oxygen atoms in total. The van der Waals surface area contributed by atoms with Crippen molar-refractivity contribution in [2.45, 2.75) is 32.1 Å². The molecule has 0 atom stereocenters. The Balaban J connectivity index is 2.12. The van der Waals surface area contributed by atoms with Gasteiger partial charge in [0.25, 0.3) is 5.91 Å². The Morgan fingerprint density at radius 2 is 1.95 bits per heavy atom. The number of fused-ring (bicyclic) bond motifs is 1. The van der Waals surface area contributed by atoms with Gasteiger partial charge >= 0.3 is 5.97 Å². The largest absolute Gasteiger partial charge is 0.507 e. The Labute approximate surface area is 111 Å². The SMILES string of the molecule is O=C(O)CCNC(=O)c1ccc2c(c1O)CCCC2. The number of phenolic OH excluding ortho intramolecular Hbond substituents is 1. The third-order valence-corrected chi connectivity index (χ3v) is 3.37. The number of aromatic hydroxyl groups is 1. The molecule has 102 valence electrons. The Bertz CT molecular complexity index is 510. The minimum atomic E-state index is -0.963.